The zero-order chi connectivity index (χ0) is 11.8. The molecule has 0 atom stereocenters. The van der Waals surface area contributed by atoms with E-state index in [4.69, 9.17) is 4.74 Å². The molecule has 0 bridgehead atoms. The average Bonchev–Trinajstić information content (AvgIpc) is 2.29. The van der Waals surface area contributed by atoms with E-state index in [9.17, 15) is 4.39 Å². The normalized spacial score (nSPS) is 11.1. The highest BCUT2D eigenvalue weighted by atomic mass is 19.1. The van der Waals surface area contributed by atoms with Gasteiger partial charge in [0.2, 0.25) is 0 Å². The third kappa shape index (κ3) is 4.16. The van der Waals surface area contributed by atoms with Gasteiger partial charge in [-0.1, -0.05) is 6.07 Å². The Morgan fingerprint density at radius 1 is 1.50 bits per heavy atom. The molecular weight excluding hydrogens is 209 g/mol. The van der Waals surface area contributed by atoms with Gasteiger partial charge in [-0.15, -0.1) is 0 Å². The van der Waals surface area contributed by atoms with Crippen LogP contribution in [-0.2, 0) is 0 Å². The molecule has 0 saturated carbocycles. The number of ether oxygens (including phenoxy) is 1. The highest BCUT2D eigenvalue weighted by Gasteiger charge is 1.96. The van der Waals surface area contributed by atoms with Crippen LogP contribution >= 0.6 is 0 Å². The monoisotopic (exact) mass is 225 g/mol. The number of halogens is 1. The predicted octanol–water partition coefficient (Wildman–Crippen LogP) is 0.999. The summed E-state index contributed by atoms with van der Waals surface area (Å²) in [4.78, 5) is 3.94. The van der Waals surface area contributed by atoms with Crippen molar-refractivity contribution in [1.82, 2.24) is 10.6 Å². The molecule has 0 heterocycles. The number of rotatable bonds is 4. The maximum atomic E-state index is 12.8. The Morgan fingerprint density at radius 3 is 2.94 bits per heavy atom. The number of hydrogen-bond acceptors (Lipinski definition) is 2. The molecule has 0 amide bonds. The maximum Gasteiger partial charge on any atom is 0.190 e. The van der Waals surface area contributed by atoms with E-state index in [1.54, 1.807) is 26.2 Å². The number of hydrogen-bond donors (Lipinski definition) is 2. The minimum atomic E-state index is -0.295. The lowest BCUT2D eigenvalue weighted by Crippen LogP contribution is -2.37. The summed E-state index contributed by atoms with van der Waals surface area (Å²) in [7, 11) is 3.47. The first-order valence-corrected chi connectivity index (χ1v) is 5.03. The number of nitrogens with zero attached hydrogens (tertiary/aromatic N) is 1. The molecular formula is C11H16FN3O. The molecule has 16 heavy (non-hydrogen) atoms. The SMILES string of the molecule is CN=C(NC)NCCOc1cccc(F)c1. The van der Waals surface area contributed by atoms with E-state index in [-0.39, 0.29) is 5.82 Å². The van der Waals surface area contributed by atoms with E-state index in [2.05, 4.69) is 15.6 Å². The topological polar surface area (TPSA) is 45.7 Å². The lowest BCUT2D eigenvalue weighted by molar-refractivity contribution is 0.320. The van der Waals surface area contributed by atoms with Crippen LogP contribution in [0.1, 0.15) is 0 Å². The van der Waals surface area contributed by atoms with E-state index < -0.39 is 0 Å². The molecule has 0 aliphatic rings. The van der Waals surface area contributed by atoms with Crippen LogP contribution in [0.3, 0.4) is 0 Å². The van der Waals surface area contributed by atoms with E-state index in [0.29, 0.717) is 24.9 Å². The summed E-state index contributed by atoms with van der Waals surface area (Å²) in [5.74, 6) is 0.931. The standard InChI is InChI=1S/C11H16FN3O/c1-13-11(14-2)15-6-7-16-10-5-3-4-9(12)8-10/h3-5,8H,6-7H2,1-2H3,(H2,13,14,15). The van der Waals surface area contributed by atoms with Gasteiger partial charge in [-0.2, -0.15) is 0 Å². The first-order valence-electron chi connectivity index (χ1n) is 5.03. The van der Waals surface area contributed by atoms with E-state index in [1.807, 2.05) is 0 Å². The minimum absolute atomic E-state index is 0.295. The first kappa shape index (κ1) is 12.3. The lowest BCUT2D eigenvalue weighted by Gasteiger charge is -2.09. The van der Waals surface area contributed by atoms with Gasteiger partial charge in [0.1, 0.15) is 18.2 Å². The minimum Gasteiger partial charge on any atom is -0.492 e. The van der Waals surface area contributed by atoms with Crippen molar-refractivity contribution in [3.8, 4) is 5.75 Å². The molecule has 0 spiro atoms. The van der Waals surface area contributed by atoms with Gasteiger partial charge < -0.3 is 15.4 Å². The third-order valence-electron chi connectivity index (χ3n) is 1.92. The third-order valence-corrected chi connectivity index (χ3v) is 1.92. The Balaban J connectivity index is 2.26. The summed E-state index contributed by atoms with van der Waals surface area (Å²) in [5, 5.41) is 5.91. The molecule has 88 valence electrons. The van der Waals surface area contributed by atoms with Gasteiger partial charge in [0.05, 0.1) is 6.54 Å². The molecule has 4 nitrogen and oxygen atoms in total. The van der Waals surface area contributed by atoms with Crippen molar-refractivity contribution in [2.45, 2.75) is 0 Å². The second-order valence-electron chi connectivity index (χ2n) is 3.05. The summed E-state index contributed by atoms with van der Waals surface area (Å²) in [6.45, 7) is 1.05. The second-order valence-corrected chi connectivity index (χ2v) is 3.05. The Morgan fingerprint density at radius 2 is 2.31 bits per heavy atom. The van der Waals surface area contributed by atoms with Crippen molar-refractivity contribution in [3.63, 3.8) is 0 Å². The van der Waals surface area contributed by atoms with Crippen LogP contribution in [0.25, 0.3) is 0 Å². The van der Waals surface area contributed by atoms with E-state index >= 15 is 0 Å². The van der Waals surface area contributed by atoms with Gasteiger partial charge in [-0.25, -0.2) is 4.39 Å². The fraction of sp³-hybridized carbons (Fsp3) is 0.364. The zero-order valence-electron chi connectivity index (χ0n) is 9.46. The van der Waals surface area contributed by atoms with Crippen LogP contribution in [0.4, 0.5) is 4.39 Å². The van der Waals surface area contributed by atoms with Crippen LogP contribution in [0.15, 0.2) is 29.3 Å². The van der Waals surface area contributed by atoms with Crippen LogP contribution < -0.4 is 15.4 Å². The molecule has 0 radical (unpaired) electrons. The van der Waals surface area contributed by atoms with Crippen molar-refractivity contribution < 1.29 is 9.13 Å². The fourth-order valence-electron chi connectivity index (χ4n) is 1.17. The highest BCUT2D eigenvalue weighted by molar-refractivity contribution is 5.79. The molecule has 0 saturated heterocycles. The molecule has 0 aromatic heterocycles. The zero-order valence-corrected chi connectivity index (χ0v) is 9.46. The number of nitrogens with one attached hydrogen (secondary N) is 2. The van der Waals surface area contributed by atoms with E-state index in [0.717, 1.165) is 0 Å². The van der Waals surface area contributed by atoms with Crippen molar-refractivity contribution in [2.24, 2.45) is 4.99 Å². The molecule has 2 N–H and O–H groups in total. The number of benzene rings is 1. The lowest BCUT2D eigenvalue weighted by atomic mass is 10.3. The Bertz CT molecular complexity index is 355. The Hall–Kier alpha value is -1.78. The quantitative estimate of drug-likeness (QED) is 0.456. The summed E-state index contributed by atoms with van der Waals surface area (Å²) >= 11 is 0. The molecule has 0 aliphatic heterocycles. The molecule has 0 aliphatic carbocycles. The van der Waals surface area contributed by atoms with Crippen molar-refractivity contribution in [3.05, 3.63) is 30.1 Å². The van der Waals surface area contributed by atoms with Gasteiger partial charge in [-0.3, -0.25) is 4.99 Å². The number of aliphatic imine (C=N–C) groups is 1. The largest absolute Gasteiger partial charge is 0.492 e. The summed E-state index contributed by atoms with van der Waals surface area (Å²) in [6, 6.07) is 6.07. The fourth-order valence-corrected chi connectivity index (χ4v) is 1.17. The predicted molar refractivity (Wildman–Crippen MR) is 62.3 cm³/mol. The molecule has 0 fully saturated rings. The maximum absolute atomic E-state index is 12.8. The van der Waals surface area contributed by atoms with Crippen LogP contribution in [-0.4, -0.2) is 33.2 Å². The smallest absolute Gasteiger partial charge is 0.190 e. The molecule has 1 aromatic carbocycles. The molecule has 5 heteroatoms. The summed E-state index contributed by atoms with van der Waals surface area (Å²) in [6.07, 6.45) is 0. The number of guanidine groups is 1. The molecule has 1 aromatic rings. The van der Waals surface area contributed by atoms with Crippen molar-refractivity contribution in [2.75, 3.05) is 27.2 Å². The van der Waals surface area contributed by atoms with Crippen molar-refractivity contribution in [1.29, 1.82) is 0 Å². The first-order chi connectivity index (χ1) is 7.76. The highest BCUT2D eigenvalue weighted by Crippen LogP contribution is 2.11. The Labute approximate surface area is 94.5 Å². The van der Waals surface area contributed by atoms with Crippen LogP contribution in [0.2, 0.25) is 0 Å². The Kier molecular flexibility index (Phi) is 5.11. The van der Waals surface area contributed by atoms with Crippen LogP contribution in [0.5, 0.6) is 5.75 Å². The van der Waals surface area contributed by atoms with Gasteiger partial charge in [0.25, 0.3) is 0 Å². The van der Waals surface area contributed by atoms with Crippen LogP contribution in [0, 0.1) is 5.82 Å². The van der Waals surface area contributed by atoms with Gasteiger partial charge in [0.15, 0.2) is 5.96 Å². The van der Waals surface area contributed by atoms with Gasteiger partial charge >= 0.3 is 0 Å². The molecule has 0 unspecified atom stereocenters. The van der Waals surface area contributed by atoms with E-state index in [1.165, 1.54) is 12.1 Å². The van der Waals surface area contributed by atoms with Gasteiger partial charge in [-0.05, 0) is 12.1 Å². The average molecular weight is 225 g/mol. The second kappa shape index (κ2) is 6.66. The summed E-state index contributed by atoms with van der Waals surface area (Å²) < 4.78 is 18.1. The van der Waals surface area contributed by atoms with Crippen molar-refractivity contribution >= 4 is 5.96 Å². The summed E-state index contributed by atoms with van der Waals surface area (Å²) in [5.41, 5.74) is 0. The molecule has 1 rings (SSSR count). The van der Waals surface area contributed by atoms with Gasteiger partial charge in [0, 0.05) is 20.2 Å².